The van der Waals surface area contributed by atoms with Gasteiger partial charge < -0.3 is 10.2 Å². The molecule has 0 radical (unpaired) electrons. The summed E-state index contributed by atoms with van der Waals surface area (Å²) in [4.78, 5) is 27.7. The van der Waals surface area contributed by atoms with Gasteiger partial charge in [-0.3, -0.25) is 9.59 Å². The zero-order chi connectivity index (χ0) is 32.0. The average molecular weight is 613 g/mol. The fourth-order valence-corrected chi connectivity index (χ4v) is 6.31. The lowest BCUT2D eigenvalue weighted by Crippen LogP contribution is -2.30. The summed E-state index contributed by atoms with van der Waals surface area (Å²) in [6, 6.07) is 21.5. The van der Waals surface area contributed by atoms with Crippen molar-refractivity contribution in [3.8, 4) is 0 Å². The summed E-state index contributed by atoms with van der Waals surface area (Å²) >= 11 is 0. The number of nitrogens with zero attached hydrogens (tertiary/aromatic N) is 1. The van der Waals surface area contributed by atoms with E-state index in [1.165, 1.54) is 109 Å². The predicted molar refractivity (Wildman–Crippen MR) is 194 cm³/mol. The number of rotatable bonds is 24. The zero-order valence-electron chi connectivity index (χ0n) is 28.5. The average Bonchev–Trinajstić information content (AvgIpc) is 3.06. The van der Waals surface area contributed by atoms with Crippen molar-refractivity contribution in [3.05, 3.63) is 72.3 Å². The van der Waals surface area contributed by atoms with Crippen molar-refractivity contribution in [1.82, 2.24) is 0 Å². The smallest absolute Gasteiger partial charge is 0.258 e. The number of carbonyl (C=O) groups is 2. The molecule has 0 heterocycles. The van der Waals surface area contributed by atoms with Crippen LogP contribution in [0, 0.1) is 0 Å². The van der Waals surface area contributed by atoms with Crippen LogP contribution in [0.2, 0.25) is 0 Å². The van der Waals surface area contributed by atoms with Crippen molar-refractivity contribution in [3.63, 3.8) is 0 Å². The number of hydrogen-bond acceptors (Lipinski definition) is 2. The van der Waals surface area contributed by atoms with E-state index < -0.39 is 0 Å². The first-order valence-corrected chi connectivity index (χ1v) is 18.3. The molecule has 3 rings (SSSR count). The van der Waals surface area contributed by atoms with Crippen LogP contribution in [0.25, 0.3) is 10.8 Å². The quantitative estimate of drug-likeness (QED) is 0.102. The molecule has 0 aromatic heterocycles. The minimum Gasteiger partial charge on any atom is -0.326 e. The van der Waals surface area contributed by atoms with E-state index in [9.17, 15) is 9.59 Å². The van der Waals surface area contributed by atoms with Crippen molar-refractivity contribution in [2.75, 3.05) is 16.8 Å². The Morgan fingerprint density at radius 1 is 0.556 bits per heavy atom. The first-order chi connectivity index (χ1) is 22.1. The second-order valence-corrected chi connectivity index (χ2v) is 12.8. The predicted octanol–water partition coefficient (Wildman–Crippen LogP) is 12.3. The number of unbranched alkanes of at least 4 members (excludes halogenated alkanes) is 18. The van der Waals surface area contributed by atoms with E-state index >= 15 is 0 Å². The third-order valence-electron chi connectivity index (χ3n) is 9.04. The van der Waals surface area contributed by atoms with E-state index in [1.807, 2.05) is 60.4 Å². The molecule has 45 heavy (non-hydrogen) atoms. The molecule has 0 aliphatic heterocycles. The highest BCUT2D eigenvalue weighted by molar-refractivity contribution is 6.11. The largest absolute Gasteiger partial charge is 0.326 e. The Labute approximate surface area is 274 Å². The maximum atomic E-state index is 13.4. The summed E-state index contributed by atoms with van der Waals surface area (Å²) in [5.41, 5.74) is 2.27. The number of fused-ring (bicyclic) bond motifs is 1. The molecule has 0 aliphatic rings. The Morgan fingerprint density at radius 3 is 1.58 bits per heavy atom. The molecule has 1 N–H and O–H groups in total. The van der Waals surface area contributed by atoms with Gasteiger partial charge in [0.25, 0.3) is 5.91 Å². The van der Waals surface area contributed by atoms with Crippen LogP contribution >= 0.6 is 0 Å². The SMILES string of the molecule is CCCCCCCCCCCCCCCCCCCCCC(=O)Nc1ccc(C(=O)N(CC)c2cccc3ccccc23)cc1. The van der Waals surface area contributed by atoms with Gasteiger partial charge in [0.1, 0.15) is 0 Å². The third-order valence-corrected chi connectivity index (χ3v) is 9.04. The highest BCUT2D eigenvalue weighted by atomic mass is 16.2. The van der Waals surface area contributed by atoms with Gasteiger partial charge in [-0.25, -0.2) is 0 Å². The highest BCUT2D eigenvalue weighted by Crippen LogP contribution is 2.28. The molecule has 246 valence electrons. The molecule has 0 saturated heterocycles. The Morgan fingerprint density at radius 2 is 1.04 bits per heavy atom. The van der Waals surface area contributed by atoms with Crippen LogP contribution in [-0.4, -0.2) is 18.4 Å². The lowest BCUT2D eigenvalue weighted by molar-refractivity contribution is -0.116. The molecule has 0 atom stereocenters. The van der Waals surface area contributed by atoms with Gasteiger partial charge in [-0.2, -0.15) is 0 Å². The van der Waals surface area contributed by atoms with Crippen LogP contribution in [0.3, 0.4) is 0 Å². The van der Waals surface area contributed by atoms with Crippen molar-refractivity contribution >= 4 is 34.0 Å². The van der Waals surface area contributed by atoms with E-state index in [2.05, 4.69) is 30.4 Å². The summed E-state index contributed by atoms with van der Waals surface area (Å²) in [6.45, 7) is 4.86. The van der Waals surface area contributed by atoms with Crippen LogP contribution in [0.5, 0.6) is 0 Å². The topological polar surface area (TPSA) is 49.4 Å². The Hall–Kier alpha value is -3.14. The maximum absolute atomic E-state index is 13.4. The number of hydrogen-bond donors (Lipinski definition) is 1. The molecular weight excluding hydrogens is 552 g/mol. The number of amides is 2. The first kappa shape index (κ1) is 36.3. The summed E-state index contributed by atoms with van der Waals surface area (Å²) < 4.78 is 0. The number of carbonyl (C=O) groups excluding carboxylic acids is 2. The van der Waals surface area contributed by atoms with Crippen molar-refractivity contribution < 1.29 is 9.59 Å². The minimum absolute atomic E-state index is 0.0409. The molecule has 0 unspecified atom stereocenters. The van der Waals surface area contributed by atoms with Gasteiger partial charge >= 0.3 is 0 Å². The Kier molecular flexibility index (Phi) is 18.1. The molecule has 2 amide bonds. The number of nitrogens with one attached hydrogen (secondary N) is 1. The highest BCUT2D eigenvalue weighted by Gasteiger charge is 2.18. The van der Waals surface area contributed by atoms with Gasteiger partial charge in [0.2, 0.25) is 5.91 Å². The second kappa shape index (κ2) is 22.4. The molecule has 4 nitrogen and oxygen atoms in total. The van der Waals surface area contributed by atoms with Crippen molar-refractivity contribution in [1.29, 1.82) is 0 Å². The number of benzene rings is 3. The zero-order valence-corrected chi connectivity index (χ0v) is 28.5. The van der Waals surface area contributed by atoms with Gasteiger partial charge in [0.05, 0.1) is 5.69 Å². The molecule has 0 spiro atoms. The van der Waals surface area contributed by atoms with Gasteiger partial charge in [0.15, 0.2) is 0 Å². The van der Waals surface area contributed by atoms with E-state index in [0.29, 0.717) is 18.5 Å². The standard InChI is InChI=1S/C41H60N2O2/c1-3-5-6-7-8-9-10-11-12-13-14-15-16-17-18-19-20-21-22-30-40(44)42-37-33-31-36(32-34-37)41(45)43(4-2)39-29-25-27-35-26-23-24-28-38(35)39/h23-29,31-34H,3-22,30H2,1-2H3,(H,42,44). The van der Waals surface area contributed by atoms with Crippen LogP contribution < -0.4 is 10.2 Å². The van der Waals surface area contributed by atoms with E-state index in [4.69, 9.17) is 0 Å². The molecule has 3 aromatic rings. The van der Waals surface area contributed by atoms with Crippen LogP contribution in [0.15, 0.2) is 66.7 Å². The number of anilines is 2. The van der Waals surface area contributed by atoms with Crippen LogP contribution in [0.1, 0.15) is 153 Å². The third kappa shape index (κ3) is 13.8. The summed E-state index contributed by atoms with van der Waals surface area (Å²) in [6.07, 6.45) is 26.2. The molecule has 0 aliphatic carbocycles. The van der Waals surface area contributed by atoms with E-state index in [0.717, 1.165) is 35.0 Å². The maximum Gasteiger partial charge on any atom is 0.258 e. The van der Waals surface area contributed by atoms with Crippen molar-refractivity contribution in [2.24, 2.45) is 0 Å². The molecule has 4 heteroatoms. The van der Waals surface area contributed by atoms with Crippen molar-refractivity contribution in [2.45, 2.75) is 142 Å². The summed E-state index contributed by atoms with van der Waals surface area (Å²) in [5.74, 6) is 0.00723. The lowest BCUT2D eigenvalue weighted by atomic mass is 10.0. The van der Waals surface area contributed by atoms with Crippen LogP contribution in [0.4, 0.5) is 11.4 Å². The summed E-state index contributed by atoms with van der Waals surface area (Å²) in [5, 5.41) is 5.18. The molecule has 3 aromatic carbocycles. The normalized spacial score (nSPS) is 11.2. The second-order valence-electron chi connectivity index (χ2n) is 12.8. The molecule has 0 fully saturated rings. The van der Waals surface area contributed by atoms with Gasteiger partial charge in [-0.1, -0.05) is 159 Å². The van der Waals surface area contributed by atoms with Gasteiger partial charge in [-0.05, 0) is 49.1 Å². The Balaban J connectivity index is 1.20. The monoisotopic (exact) mass is 612 g/mol. The van der Waals surface area contributed by atoms with E-state index in [-0.39, 0.29) is 11.8 Å². The summed E-state index contributed by atoms with van der Waals surface area (Å²) in [7, 11) is 0. The molecular formula is C41H60N2O2. The first-order valence-electron chi connectivity index (χ1n) is 18.3. The molecule has 0 bridgehead atoms. The van der Waals surface area contributed by atoms with E-state index in [1.54, 1.807) is 0 Å². The van der Waals surface area contributed by atoms with Gasteiger partial charge in [0, 0.05) is 29.6 Å². The fraction of sp³-hybridized carbons (Fsp3) is 0.561. The minimum atomic E-state index is -0.0409. The molecule has 0 saturated carbocycles. The van der Waals surface area contributed by atoms with Crippen LogP contribution in [-0.2, 0) is 4.79 Å². The fourth-order valence-electron chi connectivity index (χ4n) is 6.31. The lowest BCUT2D eigenvalue weighted by Gasteiger charge is -2.23. The Bertz CT molecular complexity index is 1230. The van der Waals surface area contributed by atoms with Gasteiger partial charge in [-0.15, -0.1) is 0 Å².